The van der Waals surface area contributed by atoms with Crippen molar-refractivity contribution in [3.8, 4) is 5.75 Å². The maximum atomic E-state index is 11.9. The number of hydrogen-bond acceptors (Lipinski definition) is 4. The Kier molecular flexibility index (Phi) is 4.67. The molecule has 2 heterocycles. The van der Waals surface area contributed by atoms with Crippen LogP contribution in [0.5, 0.6) is 5.75 Å². The van der Waals surface area contributed by atoms with Crippen LogP contribution in [0.3, 0.4) is 0 Å². The van der Waals surface area contributed by atoms with Crippen molar-refractivity contribution < 1.29 is 9.53 Å². The number of carbonyl (C=O) groups excluding carboxylic acids is 1. The summed E-state index contributed by atoms with van der Waals surface area (Å²) in [5, 5.41) is 14.9. The molecule has 0 saturated carbocycles. The third-order valence-electron chi connectivity index (χ3n) is 6.03. The van der Waals surface area contributed by atoms with E-state index >= 15 is 0 Å². The van der Waals surface area contributed by atoms with Gasteiger partial charge < -0.3 is 15.0 Å². The second-order valence-corrected chi connectivity index (χ2v) is 8.15. The number of fused-ring (bicyclic) bond motifs is 2. The highest BCUT2D eigenvalue weighted by Crippen LogP contribution is 2.33. The summed E-state index contributed by atoms with van der Waals surface area (Å²) in [5.74, 6) is 1.10. The predicted octanol–water partition coefficient (Wildman–Crippen LogP) is 4.16. The lowest BCUT2D eigenvalue weighted by atomic mass is 9.96. The number of aromatic amines is 1. The molecule has 2 aliphatic rings. The standard InChI is InChI=1S/C27H23N3O2/c1-15-8-13-24(31)19(15)11-9-16(2)32-18-10-12-23-21(14-18)26(28)27(30-23)25-17(3)29-22-7-5-4-6-20(22)25/h4-8,10,12-14,19,28-30H,1-3,9,11H2/b27-25+,28-26?. The largest absolute Gasteiger partial charge is 0.462 e. The van der Waals surface area contributed by atoms with E-state index in [-0.39, 0.29) is 11.7 Å². The lowest BCUT2D eigenvalue weighted by Crippen LogP contribution is -2.27. The van der Waals surface area contributed by atoms with Crippen LogP contribution in [0.25, 0.3) is 23.2 Å². The second kappa shape index (κ2) is 7.54. The molecule has 0 radical (unpaired) electrons. The van der Waals surface area contributed by atoms with Crippen molar-refractivity contribution >= 4 is 40.4 Å². The molecule has 158 valence electrons. The molecule has 1 aromatic heterocycles. The number of para-hydroxylation sites is 1. The highest BCUT2D eigenvalue weighted by molar-refractivity contribution is 6.35. The lowest BCUT2D eigenvalue weighted by molar-refractivity contribution is -0.116. The molecule has 5 nitrogen and oxygen atoms in total. The minimum atomic E-state index is -0.182. The fourth-order valence-electron chi connectivity index (χ4n) is 4.36. The number of nitrogens with one attached hydrogen (secondary N) is 3. The van der Waals surface area contributed by atoms with Crippen LogP contribution in [0.2, 0.25) is 0 Å². The summed E-state index contributed by atoms with van der Waals surface area (Å²) in [4.78, 5) is 15.2. The quantitative estimate of drug-likeness (QED) is 0.541. The molecule has 1 aliphatic carbocycles. The Hall–Kier alpha value is -4.12. The van der Waals surface area contributed by atoms with E-state index in [1.165, 1.54) is 0 Å². The van der Waals surface area contributed by atoms with E-state index in [1.54, 1.807) is 12.2 Å². The van der Waals surface area contributed by atoms with Crippen LogP contribution in [0.15, 0.2) is 79.1 Å². The van der Waals surface area contributed by atoms with Gasteiger partial charge in [0.05, 0.1) is 17.2 Å². The SMILES string of the molecule is C=C(CCC1C(=C)C=CC1=O)Oc1ccc2c(c1)C(=N)/C(=c1/c(=C)[nH]c3ccccc13)N2. The highest BCUT2D eigenvalue weighted by Gasteiger charge is 2.25. The van der Waals surface area contributed by atoms with Crippen LogP contribution in [-0.4, -0.2) is 16.5 Å². The van der Waals surface area contributed by atoms with Crippen molar-refractivity contribution in [2.45, 2.75) is 12.8 Å². The van der Waals surface area contributed by atoms with Gasteiger partial charge in [-0.05, 0) is 42.3 Å². The van der Waals surface area contributed by atoms with Gasteiger partial charge in [0, 0.05) is 45.1 Å². The first-order chi connectivity index (χ1) is 15.4. The molecule has 0 fully saturated rings. The number of H-pyrrole nitrogens is 1. The van der Waals surface area contributed by atoms with Gasteiger partial charge in [-0.25, -0.2) is 0 Å². The van der Waals surface area contributed by atoms with Crippen LogP contribution in [-0.2, 0) is 4.79 Å². The van der Waals surface area contributed by atoms with E-state index in [9.17, 15) is 4.79 Å². The Morgan fingerprint density at radius 1 is 1.12 bits per heavy atom. The number of ketones is 1. The van der Waals surface area contributed by atoms with Gasteiger partial charge in [0.1, 0.15) is 5.75 Å². The first-order valence-corrected chi connectivity index (χ1v) is 10.5. The van der Waals surface area contributed by atoms with E-state index in [1.807, 2.05) is 42.5 Å². The van der Waals surface area contributed by atoms with Gasteiger partial charge >= 0.3 is 0 Å². The number of ether oxygens (including phenoxy) is 1. The molecule has 0 bridgehead atoms. The molecule has 3 aromatic rings. The molecule has 2 aromatic carbocycles. The van der Waals surface area contributed by atoms with Crippen LogP contribution in [0.4, 0.5) is 5.69 Å². The van der Waals surface area contributed by atoms with Gasteiger partial charge in [-0.1, -0.05) is 44.0 Å². The first-order valence-electron chi connectivity index (χ1n) is 10.5. The van der Waals surface area contributed by atoms with Gasteiger partial charge in [0.2, 0.25) is 0 Å². The molecule has 5 rings (SSSR count). The number of anilines is 1. The Morgan fingerprint density at radius 2 is 1.94 bits per heavy atom. The number of aromatic nitrogens is 1. The molecule has 3 N–H and O–H groups in total. The van der Waals surface area contributed by atoms with Crippen molar-refractivity contribution in [1.82, 2.24) is 4.98 Å². The molecule has 1 atom stereocenters. The molecule has 0 spiro atoms. The minimum absolute atomic E-state index is 0.0879. The maximum Gasteiger partial charge on any atom is 0.163 e. The van der Waals surface area contributed by atoms with Gasteiger partial charge in [-0.15, -0.1) is 0 Å². The Balaban J connectivity index is 1.37. The zero-order valence-corrected chi connectivity index (χ0v) is 17.6. The summed E-state index contributed by atoms with van der Waals surface area (Å²) < 4.78 is 5.93. The fourth-order valence-corrected chi connectivity index (χ4v) is 4.36. The van der Waals surface area contributed by atoms with Gasteiger partial charge in [-0.3, -0.25) is 10.2 Å². The summed E-state index contributed by atoms with van der Waals surface area (Å²) in [7, 11) is 0. The number of carbonyl (C=O) groups is 1. The van der Waals surface area contributed by atoms with Crippen molar-refractivity contribution in [3.05, 3.63) is 95.2 Å². The molecule has 5 heteroatoms. The van der Waals surface area contributed by atoms with Gasteiger partial charge in [0.15, 0.2) is 5.78 Å². The third kappa shape index (κ3) is 3.28. The first kappa shape index (κ1) is 19.8. The lowest BCUT2D eigenvalue weighted by Gasteiger charge is -2.13. The normalized spacial score (nSPS) is 18.9. The Labute approximate surface area is 185 Å². The molecular formula is C27H23N3O2. The van der Waals surface area contributed by atoms with Crippen molar-refractivity contribution in [3.63, 3.8) is 0 Å². The summed E-state index contributed by atoms with van der Waals surface area (Å²) in [6.07, 6.45) is 4.53. The zero-order chi connectivity index (χ0) is 22.4. The van der Waals surface area contributed by atoms with Crippen LogP contribution in [0.1, 0.15) is 18.4 Å². The van der Waals surface area contributed by atoms with Crippen molar-refractivity contribution in [1.29, 1.82) is 5.41 Å². The minimum Gasteiger partial charge on any atom is -0.462 e. The Morgan fingerprint density at radius 3 is 2.72 bits per heavy atom. The third-order valence-corrected chi connectivity index (χ3v) is 6.03. The zero-order valence-electron chi connectivity index (χ0n) is 17.6. The smallest absolute Gasteiger partial charge is 0.163 e. The molecule has 1 aliphatic heterocycles. The van der Waals surface area contributed by atoms with Gasteiger partial charge in [-0.2, -0.15) is 0 Å². The van der Waals surface area contributed by atoms with Crippen LogP contribution < -0.4 is 20.6 Å². The number of rotatable bonds is 5. The molecular weight excluding hydrogens is 398 g/mol. The fraction of sp³-hybridized carbons (Fsp3) is 0.111. The summed E-state index contributed by atoms with van der Waals surface area (Å²) in [6.45, 7) is 12.1. The van der Waals surface area contributed by atoms with E-state index in [0.29, 0.717) is 30.1 Å². The average molecular weight is 422 g/mol. The number of hydrogen-bond donors (Lipinski definition) is 3. The summed E-state index contributed by atoms with van der Waals surface area (Å²) in [6, 6.07) is 13.6. The van der Waals surface area contributed by atoms with Crippen molar-refractivity contribution in [2.75, 3.05) is 5.32 Å². The van der Waals surface area contributed by atoms with E-state index in [0.717, 1.165) is 44.0 Å². The molecule has 0 amide bonds. The molecule has 0 saturated heterocycles. The monoisotopic (exact) mass is 421 g/mol. The molecule has 32 heavy (non-hydrogen) atoms. The van der Waals surface area contributed by atoms with E-state index in [2.05, 4.69) is 30.0 Å². The molecule has 1 unspecified atom stereocenters. The number of allylic oxidation sites excluding steroid dienone is 4. The number of benzene rings is 2. The van der Waals surface area contributed by atoms with Crippen LogP contribution >= 0.6 is 0 Å². The summed E-state index contributed by atoms with van der Waals surface area (Å²) in [5.41, 5.74) is 4.56. The van der Waals surface area contributed by atoms with Gasteiger partial charge in [0.25, 0.3) is 0 Å². The predicted molar refractivity (Wildman–Crippen MR) is 129 cm³/mol. The van der Waals surface area contributed by atoms with E-state index < -0.39 is 0 Å². The van der Waals surface area contributed by atoms with Crippen molar-refractivity contribution in [2.24, 2.45) is 5.92 Å². The Bertz CT molecular complexity index is 1450. The average Bonchev–Trinajstić information content (AvgIpc) is 3.39. The second-order valence-electron chi connectivity index (χ2n) is 8.15. The highest BCUT2D eigenvalue weighted by atomic mass is 16.5. The topological polar surface area (TPSA) is 78.0 Å². The summed E-state index contributed by atoms with van der Waals surface area (Å²) >= 11 is 0. The maximum absolute atomic E-state index is 11.9. The van der Waals surface area contributed by atoms with E-state index in [4.69, 9.17) is 10.1 Å². The van der Waals surface area contributed by atoms with Crippen LogP contribution in [0, 0.1) is 11.3 Å².